The van der Waals surface area contributed by atoms with Gasteiger partial charge < -0.3 is 5.11 Å². The van der Waals surface area contributed by atoms with Crippen LogP contribution in [0.5, 0.6) is 0 Å². The van der Waals surface area contributed by atoms with Crippen molar-refractivity contribution < 1.29 is 18.3 Å². The number of aliphatic hydroxyl groups excluding tert-OH is 1. The van der Waals surface area contributed by atoms with Gasteiger partial charge in [0.25, 0.3) is 0 Å². The Morgan fingerprint density at radius 3 is 2.33 bits per heavy atom. The average Bonchev–Trinajstić information content (AvgIpc) is 2.14. The molecule has 0 aromatic heterocycles. The van der Waals surface area contributed by atoms with Crippen LogP contribution in [0.2, 0.25) is 5.02 Å². The summed E-state index contributed by atoms with van der Waals surface area (Å²) in [6, 6.07) is 2.88. The highest BCUT2D eigenvalue weighted by Gasteiger charge is 2.31. The van der Waals surface area contributed by atoms with Gasteiger partial charge in [-0.3, -0.25) is 0 Å². The maximum absolute atomic E-state index is 12.3. The lowest BCUT2D eigenvalue weighted by Crippen LogP contribution is -2.07. The highest BCUT2D eigenvalue weighted by atomic mass is 35.5. The van der Waals surface area contributed by atoms with Crippen LogP contribution >= 0.6 is 23.2 Å². The molecule has 0 bridgehead atoms. The number of rotatable bonds is 2. The molecule has 0 heterocycles. The van der Waals surface area contributed by atoms with Crippen LogP contribution in [0.4, 0.5) is 13.2 Å². The monoisotopic (exact) mass is 258 g/mol. The SMILES string of the molecule is OC(CCl)c1cc(Cl)cc(C(F)(F)F)c1. The molecule has 1 aromatic rings. The van der Waals surface area contributed by atoms with Gasteiger partial charge in [-0.1, -0.05) is 11.6 Å². The van der Waals surface area contributed by atoms with Crippen molar-refractivity contribution >= 4 is 23.2 Å². The molecule has 0 radical (unpaired) electrons. The van der Waals surface area contributed by atoms with Gasteiger partial charge in [0.05, 0.1) is 17.5 Å². The molecule has 0 aliphatic rings. The number of alkyl halides is 4. The fourth-order valence-corrected chi connectivity index (χ4v) is 1.48. The predicted octanol–water partition coefficient (Wildman–Crippen LogP) is 3.63. The third-order valence-electron chi connectivity index (χ3n) is 1.78. The molecular formula is C9H7Cl2F3O. The van der Waals surface area contributed by atoms with Gasteiger partial charge >= 0.3 is 6.18 Å². The topological polar surface area (TPSA) is 20.2 Å². The zero-order valence-corrected chi connectivity index (χ0v) is 8.87. The predicted molar refractivity (Wildman–Crippen MR) is 52.1 cm³/mol. The van der Waals surface area contributed by atoms with Gasteiger partial charge in [0, 0.05) is 5.02 Å². The van der Waals surface area contributed by atoms with E-state index in [1.165, 1.54) is 6.07 Å². The first-order valence-corrected chi connectivity index (χ1v) is 4.87. The Kier molecular flexibility index (Phi) is 3.87. The van der Waals surface area contributed by atoms with E-state index < -0.39 is 17.8 Å². The number of aliphatic hydroxyl groups is 1. The van der Waals surface area contributed by atoms with E-state index in [1.54, 1.807) is 0 Å². The van der Waals surface area contributed by atoms with E-state index in [0.29, 0.717) is 0 Å². The van der Waals surface area contributed by atoms with Gasteiger partial charge in [-0.2, -0.15) is 13.2 Å². The molecule has 84 valence electrons. The van der Waals surface area contributed by atoms with E-state index in [1.807, 2.05) is 0 Å². The second kappa shape index (κ2) is 4.60. The van der Waals surface area contributed by atoms with Crippen LogP contribution in [0, 0.1) is 0 Å². The summed E-state index contributed by atoms with van der Waals surface area (Å²) in [6.45, 7) is 0. The number of halogens is 5. The molecule has 0 spiro atoms. The van der Waals surface area contributed by atoms with Crippen molar-refractivity contribution in [2.75, 3.05) is 5.88 Å². The van der Waals surface area contributed by atoms with Crippen molar-refractivity contribution in [3.63, 3.8) is 0 Å². The molecule has 1 N–H and O–H groups in total. The lowest BCUT2D eigenvalue weighted by molar-refractivity contribution is -0.137. The Labute approximate surface area is 94.4 Å². The summed E-state index contributed by atoms with van der Waals surface area (Å²) in [5, 5.41) is 9.21. The van der Waals surface area contributed by atoms with Gasteiger partial charge in [-0.15, -0.1) is 11.6 Å². The lowest BCUT2D eigenvalue weighted by atomic mass is 10.1. The Bertz CT molecular complexity index is 352. The van der Waals surface area contributed by atoms with Crippen LogP contribution in [-0.4, -0.2) is 11.0 Å². The highest BCUT2D eigenvalue weighted by molar-refractivity contribution is 6.30. The van der Waals surface area contributed by atoms with E-state index >= 15 is 0 Å². The molecular weight excluding hydrogens is 252 g/mol. The molecule has 1 nitrogen and oxygen atoms in total. The van der Waals surface area contributed by atoms with Crippen molar-refractivity contribution in [2.45, 2.75) is 12.3 Å². The first-order valence-electron chi connectivity index (χ1n) is 3.96. The summed E-state index contributed by atoms with van der Waals surface area (Å²) in [4.78, 5) is 0. The Hall–Kier alpha value is -0.450. The fraction of sp³-hybridized carbons (Fsp3) is 0.333. The molecule has 0 saturated carbocycles. The fourth-order valence-electron chi connectivity index (χ4n) is 1.06. The molecule has 1 unspecified atom stereocenters. The summed E-state index contributed by atoms with van der Waals surface area (Å²) >= 11 is 10.8. The van der Waals surface area contributed by atoms with Gasteiger partial charge in [0.2, 0.25) is 0 Å². The quantitative estimate of drug-likeness (QED) is 0.804. The first kappa shape index (κ1) is 12.6. The van der Waals surface area contributed by atoms with Crippen molar-refractivity contribution in [3.8, 4) is 0 Å². The first-order chi connectivity index (χ1) is 6.84. The molecule has 0 amide bonds. The number of hydrogen-bond acceptors (Lipinski definition) is 1. The van der Waals surface area contributed by atoms with E-state index in [9.17, 15) is 18.3 Å². The normalized spacial score (nSPS) is 14.0. The molecule has 15 heavy (non-hydrogen) atoms. The minimum Gasteiger partial charge on any atom is -0.387 e. The van der Waals surface area contributed by atoms with Crippen molar-refractivity contribution in [1.82, 2.24) is 0 Å². The third kappa shape index (κ3) is 3.26. The molecule has 0 fully saturated rings. The largest absolute Gasteiger partial charge is 0.416 e. The second-order valence-electron chi connectivity index (χ2n) is 2.94. The summed E-state index contributed by atoms with van der Waals surface area (Å²) in [7, 11) is 0. The summed E-state index contributed by atoms with van der Waals surface area (Å²) < 4.78 is 37.0. The maximum Gasteiger partial charge on any atom is 0.416 e. The molecule has 6 heteroatoms. The van der Waals surface area contributed by atoms with Crippen LogP contribution in [0.15, 0.2) is 18.2 Å². The zero-order chi connectivity index (χ0) is 11.6. The van der Waals surface area contributed by atoms with Crippen molar-refractivity contribution in [3.05, 3.63) is 34.3 Å². The van der Waals surface area contributed by atoms with E-state index in [-0.39, 0.29) is 16.5 Å². The summed E-state index contributed by atoms with van der Waals surface area (Å²) in [5.74, 6) is -0.183. The van der Waals surface area contributed by atoms with E-state index in [0.717, 1.165) is 12.1 Å². The lowest BCUT2D eigenvalue weighted by Gasteiger charge is -2.12. The maximum atomic E-state index is 12.3. The standard InChI is InChI=1S/C9H7Cl2F3O/c10-4-8(15)5-1-6(9(12,13)14)3-7(11)2-5/h1-3,8,15H,4H2. The summed E-state index contributed by atoms with van der Waals surface area (Å²) in [6.07, 6.45) is -5.63. The van der Waals surface area contributed by atoms with Crippen LogP contribution in [0.3, 0.4) is 0 Å². The third-order valence-corrected chi connectivity index (χ3v) is 2.29. The van der Waals surface area contributed by atoms with Gasteiger partial charge in [0.1, 0.15) is 0 Å². The molecule has 1 aromatic carbocycles. The zero-order valence-electron chi connectivity index (χ0n) is 7.35. The molecule has 0 aliphatic carbocycles. The van der Waals surface area contributed by atoms with Crippen LogP contribution in [0.1, 0.15) is 17.2 Å². The molecule has 1 atom stereocenters. The Balaban J connectivity index is 3.17. The van der Waals surface area contributed by atoms with E-state index in [4.69, 9.17) is 23.2 Å². The minimum atomic E-state index is -4.48. The van der Waals surface area contributed by atoms with Crippen LogP contribution in [-0.2, 0) is 6.18 Å². The van der Waals surface area contributed by atoms with Crippen molar-refractivity contribution in [2.24, 2.45) is 0 Å². The molecule has 1 rings (SSSR count). The molecule has 0 saturated heterocycles. The number of benzene rings is 1. The van der Waals surface area contributed by atoms with Crippen LogP contribution < -0.4 is 0 Å². The van der Waals surface area contributed by atoms with Gasteiger partial charge in [-0.05, 0) is 23.8 Å². The number of hydrogen-bond donors (Lipinski definition) is 1. The Morgan fingerprint density at radius 1 is 1.27 bits per heavy atom. The highest BCUT2D eigenvalue weighted by Crippen LogP contribution is 2.33. The van der Waals surface area contributed by atoms with Gasteiger partial charge in [0.15, 0.2) is 0 Å². The van der Waals surface area contributed by atoms with Crippen molar-refractivity contribution in [1.29, 1.82) is 0 Å². The van der Waals surface area contributed by atoms with E-state index in [2.05, 4.69) is 0 Å². The minimum absolute atomic E-state index is 0.0600. The molecule has 0 aliphatic heterocycles. The van der Waals surface area contributed by atoms with Crippen LogP contribution in [0.25, 0.3) is 0 Å². The second-order valence-corrected chi connectivity index (χ2v) is 3.69. The average molecular weight is 259 g/mol. The van der Waals surface area contributed by atoms with Gasteiger partial charge in [-0.25, -0.2) is 0 Å². The Morgan fingerprint density at radius 2 is 1.87 bits per heavy atom. The smallest absolute Gasteiger partial charge is 0.387 e. The summed E-state index contributed by atoms with van der Waals surface area (Å²) in [5.41, 5.74) is -0.834.